The summed E-state index contributed by atoms with van der Waals surface area (Å²) in [7, 11) is 0. The number of rotatable bonds is 4. The first-order chi connectivity index (χ1) is 22.1. The van der Waals surface area contributed by atoms with Crippen LogP contribution in [0, 0.1) is 35.4 Å². The molecule has 0 atom stereocenters. The fraction of sp³-hybridized carbons (Fsp3) is 0. The van der Waals surface area contributed by atoms with Gasteiger partial charge < -0.3 is 10.6 Å². The van der Waals surface area contributed by atoms with E-state index in [0.717, 1.165) is 24.3 Å². The maximum absolute atomic E-state index is 13.3. The van der Waals surface area contributed by atoms with Crippen molar-refractivity contribution < 1.29 is 48.9 Å². The molecule has 236 valence electrons. The van der Waals surface area contributed by atoms with E-state index >= 15 is 0 Å². The van der Waals surface area contributed by atoms with Crippen LogP contribution in [0.1, 0.15) is 20.7 Å². The maximum Gasteiger partial charge on any atom is 4.00 e. The van der Waals surface area contributed by atoms with Crippen LogP contribution in [0.15, 0.2) is 133 Å². The molecule has 0 bridgehead atoms. The van der Waals surface area contributed by atoms with Crippen LogP contribution < -0.4 is 10.6 Å². The second-order valence-electron chi connectivity index (χ2n) is 8.91. The van der Waals surface area contributed by atoms with Crippen molar-refractivity contribution in [3.8, 4) is 0 Å². The van der Waals surface area contributed by atoms with E-state index in [4.69, 9.17) is 23.2 Å². The van der Waals surface area contributed by atoms with Gasteiger partial charge in [-0.05, 0) is 59.9 Å². The minimum atomic E-state index is -0.947. The third kappa shape index (κ3) is 14.2. The number of halogens is 6. The third-order valence-corrected chi connectivity index (χ3v) is 6.05. The number of hydrogen-bond acceptors (Lipinski definition) is 2. The Morgan fingerprint density at radius 1 is 0.532 bits per heavy atom. The molecule has 0 aliphatic rings. The minimum Gasteiger partial charge on any atom is -0.373 e. The number of carbonyl (C=O) groups is 2. The van der Waals surface area contributed by atoms with E-state index in [-0.39, 0.29) is 33.1 Å². The normalized spacial score (nSPS) is 9.49. The number of nitrogens with one attached hydrogen (secondary N) is 2. The van der Waals surface area contributed by atoms with Crippen LogP contribution in [0.4, 0.5) is 28.9 Å². The Bertz CT molecular complexity index is 1620. The predicted octanol–water partition coefficient (Wildman–Crippen LogP) is 10.1. The molecule has 2 amide bonds. The molecule has 0 aliphatic heterocycles. The van der Waals surface area contributed by atoms with E-state index in [0.29, 0.717) is 21.2 Å². The minimum absolute atomic E-state index is 0. The Morgan fingerprint density at radius 2 is 0.851 bits per heavy atom. The van der Waals surface area contributed by atoms with Gasteiger partial charge in [0.1, 0.15) is 0 Å². The second-order valence-corrected chi connectivity index (χ2v) is 9.79. The van der Waals surface area contributed by atoms with Crippen molar-refractivity contribution in [1.82, 2.24) is 0 Å². The second kappa shape index (κ2) is 20.6. The van der Waals surface area contributed by atoms with Crippen LogP contribution in [-0.4, -0.2) is 11.8 Å². The zero-order chi connectivity index (χ0) is 33.3. The fourth-order valence-corrected chi connectivity index (χ4v) is 3.57. The first-order valence-electron chi connectivity index (χ1n) is 13.3. The molecule has 4 nitrogen and oxygen atoms in total. The van der Waals surface area contributed by atoms with E-state index in [1.54, 1.807) is 24.3 Å². The van der Waals surface area contributed by atoms with Crippen molar-refractivity contribution >= 4 is 46.4 Å². The molecule has 6 aromatic carbocycles. The number of hydrogen-bond donors (Lipinski definition) is 2. The van der Waals surface area contributed by atoms with Crippen LogP contribution in [0.5, 0.6) is 0 Å². The molecule has 6 aromatic rings. The molecule has 2 N–H and O–H groups in total. The van der Waals surface area contributed by atoms with Crippen molar-refractivity contribution in [1.29, 1.82) is 0 Å². The smallest absolute Gasteiger partial charge is 0.373 e. The topological polar surface area (TPSA) is 58.2 Å². The summed E-state index contributed by atoms with van der Waals surface area (Å²) in [4.78, 5) is 23.5. The molecule has 47 heavy (non-hydrogen) atoms. The molecule has 0 radical (unpaired) electrons. The maximum atomic E-state index is 13.3. The van der Waals surface area contributed by atoms with Gasteiger partial charge >= 0.3 is 21.7 Å². The largest absolute Gasteiger partial charge is 4.00 e. The molecule has 11 heteroatoms. The van der Waals surface area contributed by atoms with Gasteiger partial charge in [0.05, 0.1) is 0 Å². The fourth-order valence-electron chi connectivity index (χ4n) is 3.31. The summed E-state index contributed by atoms with van der Waals surface area (Å²) in [6.07, 6.45) is 0. The first kappa shape index (κ1) is 38.7. The van der Waals surface area contributed by atoms with Crippen molar-refractivity contribution in [2.24, 2.45) is 0 Å². The van der Waals surface area contributed by atoms with Gasteiger partial charge in [0.15, 0.2) is 0 Å². The zero-order valence-electron chi connectivity index (χ0n) is 24.3. The zero-order valence-corrected chi connectivity index (χ0v) is 27.4. The van der Waals surface area contributed by atoms with Crippen LogP contribution in [0.3, 0.4) is 0 Å². The van der Waals surface area contributed by atoms with Crippen LogP contribution in [-0.2, 0) is 21.7 Å². The molecule has 0 aliphatic carbocycles. The van der Waals surface area contributed by atoms with E-state index in [9.17, 15) is 27.2 Å². The summed E-state index contributed by atoms with van der Waals surface area (Å²) in [6.45, 7) is 0. The Labute approximate surface area is 294 Å². The van der Waals surface area contributed by atoms with Crippen molar-refractivity contribution in [2.75, 3.05) is 10.6 Å². The van der Waals surface area contributed by atoms with Crippen molar-refractivity contribution in [2.45, 2.75) is 0 Å². The summed E-state index contributed by atoms with van der Waals surface area (Å²) in [5.74, 6) is -4.56. The quantitative estimate of drug-likeness (QED) is 0.109. The summed E-state index contributed by atoms with van der Waals surface area (Å²) in [5, 5.41) is 5.62. The summed E-state index contributed by atoms with van der Waals surface area (Å²) < 4.78 is 51.8. The standard InChI is InChI=1S/2C13H7ClF2NO.2C5H5.Ti/c2*14-9-3-1-8(2-4-9)13(18)17-12-6-5-10(15)7-11(12)16;2*1-2-4-5-3-1;/h2*1-6H,(H,17,18);2*1-5H;/q4*-1;+4. The Hall–Kier alpha value is -4.47. The van der Waals surface area contributed by atoms with Gasteiger partial charge in [0, 0.05) is 44.4 Å². The van der Waals surface area contributed by atoms with E-state index < -0.39 is 35.1 Å². The molecule has 0 saturated heterocycles. The number of amides is 2. The SMILES string of the molecule is O=C(Nc1ccc(F)[c-]c1F)c1ccc(Cl)cc1.O=C(Nc1ccc(F)[c-]c1F)c1ccc(Cl)cc1.[Ti+4].c1cc[cH-]c1.c1cc[cH-]c1. The Kier molecular flexibility index (Phi) is 17.0. The molecule has 0 saturated carbocycles. The van der Waals surface area contributed by atoms with Gasteiger partial charge in [-0.1, -0.05) is 23.2 Å². The van der Waals surface area contributed by atoms with Crippen LogP contribution >= 0.6 is 23.2 Å². The molecular weight excluding hydrogens is 687 g/mol. The van der Waals surface area contributed by atoms with Crippen molar-refractivity contribution in [3.05, 3.63) is 190 Å². The van der Waals surface area contributed by atoms with Gasteiger partial charge in [0.2, 0.25) is 11.8 Å². The third-order valence-electron chi connectivity index (χ3n) is 5.54. The summed E-state index contributed by atoms with van der Waals surface area (Å²) in [6, 6.07) is 40.2. The summed E-state index contributed by atoms with van der Waals surface area (Å²) >= 11 is 11.4. The average Bonchev–Trinajstić information content (AvgIpc) is 3.81. The number of benzene rings is 4. The molecule has 0 fully saturated rings. The van der Waals surface area contributed by atoms with E-state index in [1.807, 2.05) is 72.8 Å². The molecule has 6 rings (SSSR count). The average molecular weight is 711 g/mol. The number of carbonyl (C=O) groups excluding carboxylic acids is 2. The first-order valence-corrected chi connectivity index (χ1v) is 14.1. The Morgan fingerprint density at radius 3 is 1.11 bits per heavy atom. The van der Waals surface area contributed by atoms with Gasteiger partial charge in [-0.3, -0.25) is 9.59 Å². The molecule has 0 aromatic heterocycles. The Balaban J connectivity index is 0.000000248. The van der Waals surface area contributed by atoms with Gasteiger partial charge in [-0.15, -0.1) is 36.4 Å². The van der Waals surface area contributed by atoms with Gasteiger partial charge in [-0.25, -0.2) is 41.8 Å². The monoisotopic (exact) mass is 710 g/mol. The predicted molar refractivity (Wildman–Crippen MR) is 173 cm³/mol. The molecular formula is C36H24Cl2F4N2O2Ti. The van der Waals surface area contributed by atoms with Gasteiger partial charge in [-0.2, -0.15) is 36.4 Å². The molecule has 0 heterocycles. The van der Waals surface area contributed by atoms with Crippen molar-refractivity contribution in [3.63, 3.8) is 0 Å². The molecule has 0 spiro atoms. The molecule has 0 unspecified atom stereocenters. The summed E-state index contributed by atoms with van der Waals surface area (Å²) in [5.41, 5.74) is 0.388. The van der Waals surface area contributed by atoms with E-state index in [2.05, 4.69) is 10.6 Å². The van der Waals surface area contributed by atoms with Gasteiger partial charge in [0.25, 0.3) is 0 Å². The van der Waals surface area contributed by atoms with E-state index in [1.165, 1.54) is 24.3 Å². The number of anilines is 2. The van der Waals surface area contributed by atoms with Crippen LogP contribution in [0.2, 0.25) is 10.0 Å². The van der Waals surface area contributed by atoms with Crippen LogP contribution in [0.25, 0.3) is 0 Å².